The third kappa shape index (κ3) is 6.15. The van der Waals surface area contributed by atoms with Crippen LogP contribution in [0.25, 0.3) is 11.3 Å². The number of esters is 1. The summed E-state index contributed by atoms with van der Waals surface area (Å²) in [6, 6.07) is 10.6. The van der Waals surface area contributed by atoms with Crippen molar-refractivity contribution in [1.29, 1.82) is 0 Å². The second kappa shape index (κ2) is 10.2. The Kier molecular flexibility index (Phi) is 7.79. The highest BCUT2D eigenvalue weighted by atomic mass is 19.4. The summed E-state index contributed by atoms with van der Waals surface area (Å²) < 4.78 is 51.6. The van der Waals surface area contributed by atoms with Gasteiger partial charge in [-0.1, -0.05) is 24.3 Å². The summed E-state index contributed by atoms with van der Waals surface area (Å²) >= 11 is 0. The number of nitrogens with two attached hydrogens (primary N) is 1. The van der Waals surface area contributed by atoms with Crippen molar-refractivity contribution in [3.8, 4) is 17.0 Å². The number of alkyl halides is 3. The highest BCUT2D eigenvalue weighted by Gasteiger charge is 2.33. The minimum atomic E-state index is -4.39. The van der Waals surface area contributed by atoms with Crippen LogP contribution in [0.2, 0.25) is 0 Å². The first-order valence-corrected chi connectivity index (χ1v) is 12.0. The lowest BCUT2D eigenvalue weighted by molar-refractivity contribution is -0.158. The molecule has 0 spiro atoms. The zero-order valence-corrected chi connectivity index (χ0v) is 22.3. The van der Waals surface area contributed by atoms with Gasteiger partial charge >= 0.3 is 12.1 Å². The van der Waals surface area contributed by atoms with Gasteiger partial charge in [0.05, 0.1) is 17.9 Å². The Hall–Kier alpha value is -3.33. The summed E-state index contributed by atoms with van der Waals surface area (Å²) in [7, 11) is 1.80. The molecule has 0 aliphatic rings. The summed E-state index contributed by atoms with van der Waals surface area (Å²) in [4.78, 5) is 12.2. The van der Waals surface area contributed by atoms with Gasteiger partial charge in [0.15, 0.2) is 5.60 Å². The Balaban J connectivity index is 1.85. The molecule has 0 saturated carbocycles. The summed E-state index contributed by atoms with van der Waals surface area (Å²) in [6.45, 7) is 11.0. The Labute approximate surface area is 215 Å². The van der Waals surface area contributed by atoms with Crippen LogP contribution in [0.1, 0.15) is 55.6 Å². The van der Waals surface area contributed by atoms with Crippen molar-refractivity contribution in [3.63, 3.8) is 0 Å². The van der Waals surface area contributed by atoms with E-state index in [1.54, 1.807) is 38.6 Å². The fourth-order valence-corrected chi connectivity index (χ4v) is 4.19. The first-order chi connectivity index (χ1) is 17.1. The lowest BCUT2D eigenvalue weighted by Crippen LogP contribution is -2.40. The topological polar surface area (TPSA) is 79.4 Å². The van der Waals surface area contributed by atoms with E-state index < -0.39 is 28.8 Å². The van der Waals surface area contributed by atoms with Crippen LogP contribution >= 0.6 is 0 Å². The zero-order chi connectivity index (χ0) is 27.8. The van der Waals surface area contributed by atoms with E-state index in [0.717, 1.165) is 34.5 Å². The maximum atomic E-state index is 13.0. The number of halogens is 3. The molecular formula is C28H34F3N3O3. The number of ether oxygens (including phenoxy) is 2. The number of carbonyl (C=O) groups is 1. The monoisotopic (exact) mass is 517 g/mol. The summed E-state index contributed by atoms with van der Waals surface area (Å²) in [5, 5.41) is 4.57. The van der Waals surface area contributed by atoms with Crippen molar-refractivity contribution in [3.05, 3.63) is 70.4 Å². The number of nitrogens with zero attached hydrogens (tertiary/aromatic N) is 2. The molecule has 0 amide bonds. The normalized spacial score (nSPS) is 13.8. The molecule has 0 radical (unpaired) electrons. The molecule has 2 aromatic carbocycles. The van der Waals surface area contributed by atoms with Crippen molar-refractivity contribution >= 4 is 5.97 Å². The molecule has 1 atom stereocenters. The summed E-state index contributed by atoms with van der Waals surface area (Å²) in [5.74, 6) is 0.108. The van der Waals surface area contributed by atoms with Crippen molar-refractivity contribution in [2.75, 3.05) is 6.61 Å². The molecule has 1 heterocycles. The summed E-state index contributed by atoms with van der Waals surface area (Å²) in [5.41, 5.74) is 8.78. The minimum absolute atomic E-state index is 0.267. The van der Waals surface area contributed by atoms with Crippen LogP contribution in [-0.4, -0.2) is 28.0 Å². The van der Waals surface area contributed by atoms with E-state index >= 15 is 0 Å². The van der Waals surface area contributed by atoms with Crippen molar-refractivity contribution < 1.29 is 27.4 Å². The third-order valence-electron chi connectivity index (χ3n) is 6.42. The quantitative estimate of drug-likeness (QED) is 0.379. The van der Waals surface area contributed by atoms with Gasteiger partial charge in [-0.25, -0.2) is 4.79 Å². The van der Waals surface area contributed by atoms with Crippen LogP contribution in [0.4, 0.5) is 13.2 Å². The molecule has 37 heavy (non-hydrogen) atoms. The number of aryl methyl sites for hydroxylation is 2. The van der Waals surface area contributed by atoms with Gasteiger partial charge in [0.25, 0.3) is 0 Å². The largest absolute Gasteiger partial charge is 0.476 e. The second-order valence-electron chi connectivity index (χ2n) is 10.0. The van der Waals surface area contributed by atoms with Gasteiger partial charge in [-0.15, -0.1) is 0 Å². The molecule has 3 aromatic rings. The fraction of sp³-hybridized carbons (Fsp3) is 0.429. The molecule has 0 saturated heterocycles. The van der Waals surface area contributed by atoms with E-state index in [2.05, 4.69) is 5.10 Å². The standard InChI is InChI=1S/C28H34F3N3O3/c1-8-36-25(35)26(4,5)37-23-14-13-21(15-17(23)2)27(6,32)16-22-18(3)24(33-34(22)7)19-9-11-20(12-10-19)28(29,30)31/h9-15H,8,16,32H2,1-7H3. The highest BCUT2D eigenvalue weighted by molar-refractivity contribution is 5.79. The number of rotatable bonds is 8. The lowest BCUT2D eigenvalue weighted by atomic mass is 9.86. The SMILES string of the molecule is CCOC(=O)C(C)(C)Oc1ccc(C(C)(N)Cc2c(C)c(-c3ccc(C(F)(F)F)cc3)nn2C)cc1C. The molecule has 0 aliphatic carbocycles. The van der Waals surface area contributed by atoms with E-state index in [0.29, 0.717) is 23.4 Å². The number of hydrogen-bond acceptors (Lipinski definition) is 5. The molecule has 1 unspecified atom stereocenters. The van der Waals surface area contributed by atoms with Crippen LogP contribution in [0.3, 0.4) is 0 Å². The molecule has 6 nitrogen and oxygen atoms in total. The first-order valence-electron chi connectivity index (χ1n) is 12.0. The lowest BCUT2D eigenvalue weighted by Gasteiger charge is -2.28. The molecule has 1 aromatic heterocycles. The zero-order valence-electron chi connectivity index (χ0n) is 22.3. The Bertz CT molecular complexity index is 1280. The molecule has 0 fully saturated rings. The van der Waals surface area contributed by atoms with E-state index in [4.69, 9.17) is 15.2 Å². The number of carbonyl (C=O) groups excluding carboxylic acids is 1. The van der Waals surface area contributed by atoms with Gasteiger partial charge in [-0.2, -0.15) is 18.3 Å². The third-order valence-corrected chi connectivity index (χ3v) is 6.42. The van der Waals surface area contributed by atoms with Crippen molar-refractivity contribution in [2.45, 2.75) is 65.3 Å². The van der Waals surface area contributed by atoms with E-state index in [9.17, 15) is 18.0 Å². The summed E-state index contributed by atoms with van der Waals surface area (Å²) in [6.07, 6.45) is -3.95. The maximum Gasteiger partial charge on any atom is 0.416 e. The predicted octanol–water partition coefficient (Wildman–Crippen LogP) is 5.86. The van der Waals surface area contributed by atoms with Gasteiger partial charge in [-0.05, 0) is 76.4 Å². The van der Waals surface area contributed by atoms with Gasteiger partial charge in [0.2, 0.25) is 0 Å². The van der Waals surface area contributed by atoms with Crippen molar-refractivity contribution in [1.82, 2.24) is 9.78 Å². The number of benzene rings is 2. The fourth-order valence-electron chi connectivity index (χ4n) is 4.19. The first kappa shape index (κ1) is 28.2. The average molecular weight is 518 g/mol. The van der Waals surface area contributed by atoms with Gasteiger partial charge < -0.3 is 15.2 Å². The van der Waals surface area contributed by atoms with E-state index in [1.807, 2.05) is 32.9 Å². The molecule has 3 rings (SSSR count). The minimum Gasteiger partial charge on any atom is -0.476 e. The molecule has 0 aliphatic heterocycles. The molecular weight excluding hydrogens is 483 g/mol. The van der Waals surface area contributed by atoms with Gasteiger partial charge in [0, 0.05) is 30.3 Å². The van der Waals surface area contributed by atoms with E-state index in [1.165, 1.54) is 12.1 Å². The smallest absolute Gasteiger partial charge is 0.416 e. The molecule has 2 N–H and O–H groups in total. The van der Waals surface area contributed by atoms with Crippen LogP contribution < -0.4 is 10.5 Å². The second-order valence-corrected chi connectivity index (χ2v) is 10.0. The van der Waals surface area contributed by atoms with Gasteiger partial charge in [-0.3, -0.25) is 4.68 Å². The van der Waals surface area contributed by atoms with Crippen LogP contribution in [0.5, 0.6) is 5.75 Å². The predicted molar refractivity (Wildman–Crippen MR) is 136 cm³/mol. The number of aromatic nitrogens is 2. The Morgan fingerprint density at radius 3 is 2.16 bits per heavy atom. The van der Waals surface area contributed by atoms with Crippen LogP contribution in [-0.2, 0) is 34.7 Å². The van der Waals surface area contributed by atoms with E-state index in [-0.39, 0.29) is 6.61 Å². The average Bonchev–Trinajstić information content (AvgIpc) is 3.08. The van der Waals surface area contributed by atoms with Crippen molar-refractivity contribution in [2.24, 2.45) is 12.8 Å². The van der Waals surface area contributed by atoms with Crippen LogP contribution in [0, 0.1) is 13.8 Å². The van der Waals surface area contributed by atoms with Gasteiger partial charge in [0.1, 0.15) is 5.75 Å². The Morgan fingerprint density at radius 1 is 1.03 bits per heavy atom. The van der Waals surface area contributed by atoms with Crippen LogP contribution in [0.15, 0.2) is 42.5 Å². The number of hydrogen-bond donors (Lipinski definition) is 1. The highest BCUT2D eigenvalue weighted by Crippen LogP contribution is 2.34. The molecule has 200 valence electrons. The Morgan fingerprint density at radius 2 is 1.62 bits per heavy atom. The molecule has 9 heteroatoms. The maximum absolute atomic E-state index is 13.0. The molecule has 0 bridgehead atoms.